The van der Waals surface area contributed by atoms with Crippen LogP contribution in [0.5, 0.6) is 5.75 Å². The Labute approximate surface area is 274 Å². The molecule has 0 aliphatic rings. The third-order valence-corrected chi connectivity index (χ3v) is 7.06. The summed E-state index contributed by atoms with van der Waals surface area (Å²) < 4.78 is 11.0. The van der Waals surface area contributed by atoms with E-state index in [-0.39, 0.29) is 12.2 Å². The van der Waals surface area contributed by atoms with Crippen LogP contribution in [-0.2, 0) is 30.3 Å². The number of ether oxygens (including phenoxy) is 2. The van der Waals surface area contributed by atoms with Gasteiger partial charge in [0.1, 0.15) is 35.6 Å². The number of aromatic hydroxyl groups is 1. The number of carbonyl (C=O) groups is 4. The Kier molecular flexibility index (Phi) is 13.6. The largest absolute Gasteiger partial charge is 0.508 e. The molecule has 0 aliphatic heterocycles. The molecule has 2 rings (SSSR count). The average Bonchev–Trinajstić information content (AvgIpc) is 2.93. The van der Waals surface area contributed by atoms with Crippen molar-refractivity contribution in [1.82, 2.24) is 15.5 Å². The van der Waals surface area contributed by atoms with Crippen LogP contribution < -0.4 is 10.6 Å². The summed E-state index contributed by atoms with van der Waals surface area (Å²) in [5, 5.41) is 15.7. The van der Waals surface area contributed by atoms with Gasteiger partial charge in [-0.2, -0.15) is 0 Å². The van der Waals surface area contributed by atoms with Crippen LogP contribution in [0.4, 0.5) is 4.79 Å². The van der Waals surface area contributed by atoms with Gasteiger partial charge >= 0.3 is 12.1 Å². The second kappa shape index (κ2) is 16.5. The fourth-order valence-electron chi connectivity index (χ4n) is 4.86. The number of hydrogen-bond acceptors (Lipinski definition) is 7. The Morgan fingerprint density at radius 2 is 1.48 bits per heavy atom. The smallest absolute Gasteiger partial charge is 0.408 e. The van der Waals surface area contributed by atoms with Gasteiger partial charge in [0.15, 0.2) is 0 Å². The lowest BCUT2D eigenvalue weighted by Crippen LogP contribution is -2.54. The Morgan fingerprint density at radius 1 is 0.870 bits per heavy atom. The first-order valence-electron chi connectivity index (χ1n) is 15.9. The van der Waals surface area contributed by atoms with Crippen molar-refractivity contribution in [1.29, 1.82) is 0 Å². The maximum atomic E-state index is 14.4. The molecule has 10 nitrogen and oxygen atoms in total. The number of hydrogen-bond donors (Lipinski definition) is 3. The van der Waals surface area contributed by atoms with E-state index in [1.54, 1.807) is 60.6 Å². The van der Waals surface area contributed by atoms with Gasteiger partial charge in [-0.25, -0.2) is 9.59 Å². The Balaban J connectivity index is 2.59. The minimum absolute atomic E-state index is 0.0379. The van der Waals surface area contributed by atoms with E-state index in [9.17, 15) is 24.3 Å². The van der Waals surface area contributed by atoms with Gasteiger partial charge in [0.25, 0.3) is 0 Å². The fourth-order valence-corrected chi connectivity index (χ4v) is 4.86. The van der Waals surface area contributed by atoms with Gasteiger partial charge in [-0.05, 0) is 103 Å². The first-order valence-corrected chi connectivity index (χ1v) is 15.9. The predicted molar refractivity (Wildman–Crippen MR) is 178 cm³/mol. The number of benzene rings is 2. The van der Waals surface area contributed by atoms with Crippen molar-refractivity contribution in [3.8, 4) is 5.75 Å². The predicted octanol–water partition coefficient (Wildman–Crippen LogP) is 5.99. The minimum Gasteiger partial charge on any atom is -0.508 e. The van der Waals surface area contributed by atoms with Crippen LogP contribution >= 0.6 is 0 Å². The highest BCUT2D eigenvalue weighted by Gasteiger charge is 2.38. The van der Waals surface area contributed by atoms with Crippen LogP contribution in [0.3, 0.4) is 0 Å². The molecular formula is C36H53N3O7. The topological polar surface area (TPSA) is 134 Å². The Hall–Kier alpha value is -4.08. The van der Waals surface area contributed by atoms with Gasteiger partial charge in [0, 0.05) is 12.5 Å². The zero-order valence-corrected chi connectivity index (χ0v) is 29.1. The highest BCUT2D eigenvalue weighted by atomic mass is 16.6. The van der Waals surface area contributed by atoms with E-state index in [2.05, 4.69) is 24.5 Å². The third kappa shape index (κ3) is 12.7. The zero-order chi connectivity index (χ0) is 34.8. The van der Waals surface area contributed by atoms with E-state index in [1.165, 1.54) is 11.0 Å². The molecule has 3 amide bonds. The molecule has 0 aromatic heterocycles. The van der Waals surface area contributed by atoms with Crippen molar-refractivity contribution in [3.63, 3.8) is 0 Å². The summed E-state index contributed by atoms with van der Waals surface area (Å²) in [7, 11) is 0. The van der Waals surface area contributed by atoms with Crippen LogP contribution in [0.1, 0.15) is 97.9 Å². The van der Waals surface area contributed by atoms with Crippen molar-refractivity contribution < 1.29 is 33.8 Å². The molecule has 10 heteroatoms. The lowest BCUT2D eigenvalue weighted by atomic mass is 9.96. The van der Waals surface area contributed by atoms with Crippen molar-refractivity contribution in [2.75, 3.05) is 6.54 Å². The number of nitrogens with one attached hydrogen (secondary N) is 2. The van der Waals surface area contributed by atoms with Crippen LogP contribution in [0.25, 0.3) is 0 Å². The maximum Gasteiger partial charge on any atom is 0.408 e. The molecule has 0 heterocycles. The van der Waals surface area contributed by atoms with E-state index in [1.807, 2.05) is 37.3 Å². The van der Waals surface area contributed by atoms with E-state index >= 15 is 0 Å². The Morgan fingerprint density at radius 3 is 2.02 bits per heavy atom. The summed E-state index contributed by atoms with van der Waals surface area (Å²) in [6, 6.07) is 11.3. The molecule has 254 valence electrons. The third-order valence-electron chi connectivity index (χ3n) is 7.06. The monoisotopic (exact) mass is 639 g/mol. The van der Waals surface area contributed by atoms with Crippen molar-refractivity contribution >= 4 is 23.9 Å². The number of esters is 1. The first kappa shape index (κ1) is 38.1. The van der Waals surface area contributed by atoms with Crippen LogP contribution in [0, 0.1) is 12.8 Å². The fraction of sp³-hybridized carbons (Fsp3) is 0.556. The summed E-state index contributed by atoms with van der Waals surface area (Å²) in [6.07, 6.45) is 0.766. The van der Waals surface area contributed by atoms with Crippen molar-refractivity contribution in [3.05, 3.63) is 65.2 Å². The van der Waals surface area contributed by atoms with E-state index < -0.39 is 59.7 Å². The highest BCUT2D eigenvalue weighted by molar-refractivity contribution is 5.93. The van der Waals surface area contributed by atoms with Crippen LogP contribution in [0.15, 0.2) is 48.5 Å². The van der Waals surface area contributed by atoms with Gasteiger partial charge in [0.05, 0.1) is 0 Å². The number of amides is 3. The molecule has 0 saturated carbocycles. The number of phenolic OH excluding ortho intramolecular Hbond substituents is 1. The molecule has 2 aromatic rings. The Bertz CT molecular complexity index is 1330. The number of rotatable bonds is 13. The van der Waals surface area contributed by atoms with E-state index in [0.717, 1.165) is 12.0 Å². The number of alkyl carbamates (subject to hydrolysis) is 1. The summed E-state index contributed by atoms with van der Waals surface area (Å²) in [5.74, 6) is -1.34. The van der Waals surface area contributed by atoms with E-state index in [4.69, 9.17) is 9.47 Å². The molecule has 3 unspecified atom stereocenters. The molecule has 0 bridgehead atoms. The number of aryl methyl sites for hydroxylation is 1. The molecule has 0 fully saturated rings. The molecule has 0 saturated heterocycles. The molecule has 3 N–H and O–H groups in total. The lowest BCUT2D eigenvalue weighted by molar-refractivity contribution is -0.159. The first-order chi connectivity index (χ1) is 21.3. The molecule has 2 aromatic carbocycles. The summed E-state index contributed by atoms with van der Waals surface area (Å²) in [6.45, 7) is 17.7. The van der Waals surface area contributed by atoms with Gasteiger partial charge in [-0.3, -0.25) is 9.59 Å². The summed E-state index contributed by atoms with van der Waals surface area (Å²) >= 11 is 0. The maximum absolute atomic E-state index is 14.4. The minimum atomic E-state index is -1.20. The lowest BCUT2D eigenvalue weighted by Gasteiger charge is -2.37. The molecule has 46 heavy (non-hydrogen) atoms. The van der Waals surface area contributed by atoms with Gasteiger partial charge < -0.3 is 30.1 Å². The zero-order valence-electron chi connectivity index (χ0n) is 29.1. The molecule has 0 radical (unpaired) electrons. The molecule has 0 aliphatic carbocycles. The molecular weight excluding hydrogens is 586 g/mol. The van der Waals surface area contributed by atoms with Crippen molar-refractivity contribution in [2.24, 2.45) is 5.92 Å². The van der Waals surface area contributed by atoms with Gasteiger partial charge in [-0.15, -0.1) is 0 Å². The molecule has 0 spiro atoms. The standard InChI is InChI=1S/C36H53N3O7/c1-23(2)16-17-25(4)39(30(41)22-37-34(44)46-36(8,9)10)31(27-18-19-29(40)24(3)20-27)32(42)38-28(33(43)45-35(5,6)7)21-26-14-12-11-13-15-26/h11-15,18-20,23,25,28,31,40H,16-17,21-22H2,1-10H3,(H,37,44)(H,38,42). The van der Waals surface area contributed by atoms with Gasteiger partial charge in [-0.1, -0.05) is 50.2 Å². The average molecular weight is 640 g/mol. The number of nitrogens with zero attached hydrogens (tertiary/aromatic N) is 1. The van der Waals surface area contributed by atoms with E-state index in [0.29, 0.717) is 23.5 Å². The summed E-state index contributed by atoms with van der Waals surface area (Å²) in [4.78, 5) is 55.8. The SMILES string of the molecule is Cc1cc(C(C(=O)NC(Cc2ccccc2)C(=O)OC(C)(C)C)N(C(=O)CNC(=O)OC(C)(C)C)C(C)CCC(C)C)ccc1O. The quantitative estimate of drug-likeness (QED) is 0.229. The number of phenols is 1. The second-order valence-corrected chi connectivity index (χ2v) is 14.2. The van der Waals surface area contributed by atoms with Crippen LogP contribution in [0.2, 0.25) is 0 Å². The highest BCUT2D eigenvalue weighted by Crippen LogP contribution is 2.30. The van der Waals surface area contributed by atoms with Gasteiger partial charge in [0.2, 0.25) is 11.8 Å². The normalized spacial score (nSPS) is 13.7. The van der Waals surface area contributed by atoms with Crippen LogP contribution in [-0.4, -0.2) is 63.7 Å². The second-order valence-electron chi connectivity index (χ2n) is 14.2. The number of carbonyl (C=O) groups excluding carboxylic acids is 4. The molecule has 3 atom stereocenters. The van der Waals surface area contributed by atoms with Crippen molar-refractivity contribution in [2.45, 2.75) is 118 Å². The summed E-state index contributed by atoms with van der Waals surface area (Å²) in [5.41, 5.74) is 0.203.